The summed E-state index contributed by atoms with van der Waals surface area (Å²) in [5, 5.41) is 3.37. The average Bonchev–Trinajstić information content (AvgIpc) is 2.38. The van der Waals surface area contributed by atoms with Gasteiger partial charge >= 0.3 is 0 Å². The van der Waals surface area contributed by atoms with E-state index in [0.717, 1.165) is 0 Å². The van der Waals surface area contributed by atoms with Crippen LogP contribution in [-0.2, 0) is 4.84 Å². The van der Waals surface area contributed by atoms with Crippen molar-refractivity contribution in [2.75, 3.05) is 7.11 Å². The summed E-state index contributed by atoms with van der Waals surface area (Å²) in [7, 11) is 1.35. The van der Waals surface area contributed by atoms with Crippen molar-refractivity contribution in [3.8, 4) is 0 Å². The number of hydroxylamine groups is 1. The van der Waals surface area contributed by atoms with Crippen LogP contribution >= 0.6 is 0 Å². The monoisotopic (exact) mass is 142 g/mol. The number of hydrogen-bond acceptors (Lipinski definition) is 4. The molecular formula is C5H6N2O3. The molecule has 1 aromatic heterocycles. The molecule has 0 fully saturated rings. The summed E-state index contributed by atoms with van der Waals surface area (Å²) in [6.45, 7) is 0. The summed E-state index contributed by atoms with van der Waals surface area (Å²) in [5.74, 6) is -0.420. The molecule has 0 radical (unpaired) electrons. The van der Waals surface area contributed by atoms with E-state index in [1.807, 2.05) is 0 Å². The molecule has 0 aliphatic rings. The zero-order valence-corrected chi connectivity index (χ0v) is 5.33. The van der Waals surface area contributed by atoms with Crippen LogP contribution in [0.3, 0.4) is 0 Å². The van der Waals surface area contributed by atoms with Crippen LogP contribution in [0.25, 0.3) is 0 Å². The van der Waals surface area contributed by atoms with Crippen molar-refractivity contribution in [3.05, 3.63) is 18.0 Å². The second-order valence-electron chi connectivity index (χ2n) is 1.52. The van der Waals surface area contributed by atoms with Gasteiger partial charge in [0, 0.05) is 6.07 Å². The maximum Gasteiger partial charge on any atom is 0.296 e. The van der Waals surface area contributed by atoms with Crippen LogP contribution < -0.4 is 5.48 Å². The molecule has 10 heavy (non-hydrogen) atoms. The molecule has 0 atom stereocenters. The molecule has 1 N–H and O–H groups in total. The molecule has 0 saturated carbocycles. The van der Waals surface area contributed by atoms with Gasteiger partial charge in [-0.3, -0.25) is 9.63 Å². The van der Waals surface area contributed by atoms with E-state index in [2.05, 4.69) is 20.0 Å². The molecule has 1 heterocycles. The molecule has 1 aromatic rings. The lowest BCUT2D eigenvalue weighted by atomic mass is 10.4. The molecule has 54 valence electrons. The number of aromatic nitrogens is 1. The Bertz CT molecular complexity index is 207. The third-order valence-corrected chi connectivity index (χ3v) is 0.865. The maximum absolute atomic E-state index is 10.7. The van der Waals surface area contributed by atoms with Gasteiger partial charge in [-0.15, -0.1) is 0 Å². The Kier molecular flexibility index (Phi) is 2.01. The number of carbonyl (C=O) groups is 1. The second-order valence-corrected chi connectivity index (χ2v) is 1.52. The lowest BCUT2D eigenvalue weighted by molar-refractivity contribution is 0.0528. The molecule has 0 aliphatic carbocycles. The Morgan fingerprint density at radius 1 is 1.90 bits per heavy atom. The summed E-state index contributed by atoms with van der Waals surface area (Å²) in [4.78, 5) is 15.1. The molecule has 0 aromatic carbocycles. The summed E-state index contributed by atoms with van der Waals surface area (Å²) < 4.78 is 4.42. The normalized spacial score (nSPS) is 9.30. The summed E-state index contributed by atoms with van der Waals surface area (Å²) in [6.07, 6.45) is 1.31. The van der Waals surface area contributed by atoms with Crippen LogP contribution in [0.15, 0.2) is 16.9 Å². The molecule has 0 saturated heterocycles. The minimum absolute atomic E-state index is 0.196. The number of carbonyl (C=O) groups excluding carboxylic acids is 1. The number of nitrogens with one attached hydrogen (secondary N) is 1. The van der Waals surface area contributed by atoms with Crippen LogP contribution in [0.4, 0.5) is 0 Å². The maximum atomic E-state index is 10.7. The van der Waals surface area contributed by atoms with Crippen molar-refractivity contribution in [2.24, 2.45) is 0 Å². The Hall–Kier alpha value is -1.36. The zero-order chi connectivity index (χ0) is 7.40. The minimum Gasteiger partial charge on any atom is -0.364 e. The lowest BCUT2D eigenvalue weighted by Gasteiger charge is -1.94. The van der Waals surface area contributed by atoms with E-state index >= 15 is 0 Å². The summed E-state index contributed by atoms with van der Waals surface area (Å²) in [5.41, 5.74) is 2.28. The lowest BCUT2D eigenvalue weighted by Crippen LogP contribution is -2.21. The van der Waals surface area contributed by atoms with E-state index in [4.69, 9.17) is 0 Å². The number of hydrogen-bond donors (Lipinski definition) is 1. The fraction of sp³-hybridized carbons (Fsp3) is 0.200. The predicted octanol–water partition coefficient (Wildman–Crippen LogP) is -0.0342. The third-order valence-electron chi connectivity index (χ3n) is 0.865. The smallest absolute Gasteiger partial charge is 0.296 e. The van der Waals surface area contributed by atoms with Crippen molar-refractivity contribution >= 4 is 5.91 Å². The molecule has 1 amide bonds. The summed E-state index contributed by atoms with van der Waals surface area (Å²) in [6, 6.07) is 1.44. The van der Waals surface area contributed by atoms with Crippen LogP contribution in [0, 0.1) is 0 Å². The van der Waals surface area contributed by atoms with Crippen LogP contribution in [-0.4, -0.2) is 18.2 Å². The van der Waals surface area contributed by atoms with Crippen molar-refractivity contribution < 1.29 is 14.2 Å². The highest BCUT2D eigenvalue weighted by molar-refractivity contribution is 5.91. The van der Waals surface area contributed by atoms with Crippen LogP contribution in [0.5, 0.6) is 0 Å². The Balaban J connectivity index is 2.59. The van der Waals surface area contributed by atoms with E-state index in [9.17, 15) is 4.79 Å². The molecule has 0 bridgehead atoms. The zero-order valence-electron chi connectivity index (χ0n) is 5.33. The highest BCUT2D eigenvalue weighted by atomic mass is 16.6. The molecule has 1 rings (SSSR count). The van der Waals surface area contributed by atoms with E-state index < -0.39 is 5.91 Å². The van der Waals surface area contributed by atoms with Gasteiger partial charge in [-0.1, -0.05) is 5.16 Å². The van der Waals surface area contributed by atoms with Gasteiger partial charge in [-0.2, -0.15) is 0 Å². The molecule has 5 heteroatoms. The average molecular weight is 142 g/mol. The van der Waals surface area contributed by atoms with Gasteiger partial charge in [0.2, 0.25) is 0 Å². The van der Waals surface area contributed by atoms with Crippen molar-refractivity contribution in [2.45, 2.75) is 0 Å². The second kappa shape index (κ2) is 2.98. The highest BCUT2D eigenvalue weighted by Gasteiger charge is 2.06. The minimum atomic E-state index is -0.420. The standard InChI is InChI=1S/C5H6N2O3/c1-9-7-5(8)4-2-3-10-6-4/h2-3H,1H3,(H,7,8). The van der Waals surface area contributed by atoms with Gasteiger partial charge in [-0.25, -0.2) is 5.48 Å². The van der Waals surface area contributed by atoms with Gasteiger partial charge in [0.25, 0.3) is 5.91 Å². The fourth-order valence-corrected chi connectivity index (χ4v) is 0.475. The largest absolute Gasteiger partial charge is 0.364 e. The first-order valence-electron chi connectivity index (χ1n) is 2.58. The molecule has 0 aliphatic heterocycles. The van der Waals surface area contributed by atoms with Crippen LogP contribution in [0.1, 0.15) is 10.5 Å². The molecule has 5 nitrogen and oxygen atoms in total. The SMILES string of the molecule is CONC(=O)c1ccon1. The Labute approximate surface area is 56.9 Å². The molecule has 0 unspecified atom stereocenters. The third kappa shape index (κ3) is 1.32. The number of rotatable bonds is 2. The topological polar surface area (TPSA) is 64.4 Å². The highest BCUT2D eigenvalue weighted by Crippen LogP contribution is 1.92. The van der Waals surface area contributed by atoms with Gasteiger partial charge < -0.3 is 4.52 Å². The van der Waals surface area contributed by atoms with Crippen molar-refractivity contribution in [3.63, 3.8) is 0 Å². The Morgan fingerprint density at radius 3 is 3.20 bits per heavy atom. The van der Waals surface area contributed by atoms with Crippen molar-refractivity contribution in [1.29, 1.82) is 0 Å². The quantitative estimate of drug-likeness (QED) is 0.588. The van der Waals surface area contributed by atoms with E-state index in [0.29, 0.717) is 0 Å². The van der Waals surface area contributed by atoms with Crippen molar-refractivity contribution in [1.82, 2.24) is 10.6 Å². The molecular weight excluding hydrogens is 136 g/mol. The summed E-state index contributed by atoms with van der Waals surface area (Å²) >= 11 is 0. The van der Waals surface area contributed by atoms with Gasteiger partial charge in [0.05, 0.1) is 7.11 Å². The fourth-order valence-electron chi connectivity index (χ4n) is 0.475. The first-order chi connectivity index (χ1) is 4.84. The van der Waals surface area contributed by atoms with Crippen LogP contribution in [0.2, 0.25) is 0 Å². The number of nitrogens with zero attached hydrogens (tertiary/aromatic N) is 1. The first-order valence-corrected chi connectivity index (χ1v) is 2.58. The van der Waals surface area contributed by atoms with E-state index in [1.165, 1.54) is 19.4 Å². The van der Waals surface area contributed by atoms with Gasteiger partial charge in [0.1, 0.15) is 6.26 Å². The predicted molar refractivity (Wildman–Crippen MR) is 31.0 cm³/mol. The Morgan fingerprint density at radius 2 is 2.70 bits per heavy atom. The molecule has 0 spiro atoms. The first kappa shape index (κ1) is 6.76. The van der Waals surface area contributed by atoms with Gasteiger partial charge in [0.15, 0.2) is 5.69 Å². The van der Waals surface area contributed by atoms with E-state index in [-0.39, 0.29) is 5.69 Å². The van der Waals surface area contributed by atoms with Gasteiger partial charge in [-0.05, 0) is 0 Å². The number of amides is 1. The van der Waals surface area contributed by atoms with E-state index in [1.54, 1.807) is 0 Å².